The molecule has 0 N–H and O–H groups in total. The average Bonchev–Trinajstić information content (AvgIpc) is 2.57. The Balaban J connectivity index is 2.22. The lowest BCUT2D eigenvalue weighted by Crippen LogP contribution is -2.22. The van der Waals surface area contributed by atoms with Gasteiger partial charge < -0.3 is 9.47 Å². The van der Waals surface area contributed by atoms with Gasteiger partial charge in [0.25, 0.3) is 0 Å². The van der Waals surface area contributed by atoms with Gasteiger partial charge in [0, 0.05) is 16.2 Å². The topological polar surface area (TPSA) is 52.6 Å². The molecule has 0 aromatic heterocycles. The number of hydrogen-bond acceptors (Lipinski definition) is 4. The minimum Gasteiger partial charge on any atom is -0.496 e. The number of benzene rings is 2. The number of hydrogen-bond donors (Lipinski definition) is 0. The van der Waals surface area contributed by atoms with E-state index in [9.17, 15) is 9.59 Å². The van der Waals surface area contributed by atoms with Gasteiger partial charge in [-0.1, -0.05) is 42.4 Å². The van der Waals surface area contributed by atoms with Crippen molar-refractivity contribution < 1.29 is 19.1 Å². The van der Waals surface area contributed by atoms with Gasteiger partial charge >= 0.3 is 0 Å². The maximum atomic E-state index is 12.8. The Hall–Kier alpha value is -2.59. The summed E-state index contributed by atoms with van der Waals surface area (Å²) in [5.41, 5.74) is 1.13. The van der Waals surface area contributed by atoms with E-state index in [1.165, 1.54) is 7.11 Å². The SMILES string of the molecule is C=C(Cl)COc1ccc(OC)c2c1C(=O)c1ccccc1C2=O. The van der Waals surface area contributed by atoms with E-state index < -0.39 is 0 Å². The van der Waals surface area contributed by atoms with Crippen molar-refractivity contribution in [2.75, 3.05) is 13.7 Å². The molecule has 0 fully saturated rings. The van der Waals surface area contributed by atoms with Crippen LogP contribution in [-0.2, 0) is 0 Å². The van der Waals surface area contributed by atoms with Crippen LogP contribution in [0.5, 0.6) is 11.5 Å². The summed E-state index contributed by atoms with van der Waals surface area (Å²) in [5.74, 6) is 0.0897. The van der Waals surface area contributed by atoms with Crippen molar-refractivity contribution in [2.24, 2.45) is 0 Å². The standard InChI is InChI=1S/C18H13ClO4/c1-10(19)9-23-14-8-7-13(22-2)15-16(14)18(21)12-6-4-3-5-11(12)17(15)20/h3-8H,1,9H2,2H3. The molecule has 23 heavy (non-hydrogen) atoms. The first-order valence-electron chi connectivity index (χ1n) is 6.90. The number of carbonyl (C=O) groups excluding carboxylic acids is 2. The van der Waals surface area contributed by atoms with Gasteiger partial charge in [-0.3, -0.25) is 9.59 Å². The second-order valence-electron chi connectivity index (χ2n) is 5.03. The zero-order valence-corrected chi connectivity index (χ0v) is 13.1. The molecule has 4 nitrogen and oxygen atoms in total. The van der Waals surface area contributed by atoms with Crippen LogP contribution in [0.2, 0.25) is 0 Å². The van der Waals surface area contributed by atoms with E-state index in [1.54, 1.807) is 36.4 Å². The van der Waals surface area contributed by atoms with E-state index in [0.29, 0.717) is 21.9 Å². The summed E-state index contributed by atoms with van der Waals surface area (Å²) in [4.78, 5) is 25.6. The molecule has 0 unspecified atom stereocenters. The first kappa shape index (κ1) is 15.3. The fourth-order valence-electron chi connectivity index (χ4n) is 2.61. The third kappa shape index (κ3) is 2.51. The second-order valence-corrected chi connectivity index (χ2v) is 5.56. The van der Waals surface area contributed by atoms with Gasteiger partial charge in [0.2, 0.25) is 0 Å². The van der Waals surface area contributed by atoms with E-state index in [0.717, 1.165) is 0 Å². The second kappa shape index (κ2) is 5.89. The molecule has 1 aliphatic rings. The van der Waals surface area contributed by atoms with E-state index in [4.69, 9.17) is 21.1 Å². The Morgan fingerprint density at radius 2 is 1.52 bits per heavy atom. The number of carbonyl (C=O) groups is 2. The average molecular weight is 329 g/mol. The number of ketones is 2. The van der Waals surface area contributed by atoms with Crippen LogP contribution in [-0.4, -0.2) is 25.3 Å². The molecule has 0 amide bonds. The first-order valence-corrected chi connectivity index (χ1v) is 7.28. The number of halogens is 1. The predicted octanol–water partition coefficient (Wildman–Crippen LogP) is 3.60. The van der Waals surface area contributed by atoms with Crippen molar-refractivity contribution in [3.63, 3.8) is 0 Å². The molecule has 2 aromatic carbocycles. The van der Waals surface area contributed by atoms with Crippen LogP contribution >= 0.6 is 11.6 Å². The molecule has 0 radical (unpaired) electrons. The summed E-state index contributed by atoms with van der Waals surface area (Å²) in [6.45, 7) is 3.59. The van der Waals surface area contributed by atoms with Crippen LogP contribution in [0.3, 0.4) is 0 Å². The van der Waals surface area contributed by atoms with Gasteiger partial charge in [-0.2, -0.15) is 0 Å². The molecule has 0 saturated carbocycles. The normalized spacial score (nSPS) is 12.4. The zero-order chi connectivity index (χ0) is 16.6. The summed E-state index contributed by atoms with van der Waals surface area (Å²) in [6, 6.07) is 9.89. The van der Waals surface area contributed by atoms with Gasteiger partial charge in [-0.05, 0) is 12.1 Å². The highest BCUT2D eigenvalue weighted by atomic mass is 35.5. The van der Waals surface area contributed by atoms with Crippen molar-refractivity contribution in [1.82, 2.24) is 0 Å². The van der Waals surface area contributed by atoms with Crippen LogP contribution in [0.4, 0.5) is 0 Å². The largest absolute Gasteiger partial charge is 0.496 e. The Labute approximate surface area is 138 Å². The van der Waals surface area contributed by atoms with Crippen LogP contribution < -0.4 is 9.47 Å². The van der Waals surface area contributed by atoms with Crippen molar-refractivity contribution in [3.05, 3.63) is 70.3 Å². The maximum absolute atomic E-state index is 12.8. The van der Waals surface area contributed by atoms with Crippen molar-refractivity contribution in [3.8, 4) is 11.5 Å². The Morgan fingerprint density at radius 3 is 2.04 bits per heavy atom. The number of ether oxygens (including phenoxy) is 2. The molecule has 0 heterocycles. The zero-order valence-electron chi connectivity index (χ0n) is 12.4. The summed E-state index contributed by atoms with van der Waals surface area (Å²) in [7, 11) is 1.45. The highest BCUT2D eigenvalue weighted by molar-refractivity contribution is 6.30. The van der Waals surface area contributed by atoms with Gasteiger partial charge in [0.15, 0.2) is 11.6 Å². The molecular weight excluding hydrogens is 316 g/mol. The molecule has 5 heteroatoms. The Kier molecular flexibility index (Phi) is 3.92. The third-order valence-corrected chi connectivity index (χ3v) is 3.71. The molecule has 116 valence electrons. The van der Waals surface area contributed by atoms with Gasteiger partial charge in [-0.25, -0.2) is 0 Å². The number of methoxy groups -OCH3 is 1. The lowest BCUT2D eigenvalue weighted by molar-refractivity contribution is 0.0973. The minimum absolute atomic E-state index is 0.0451. The highest BCUT2D eigenvalue weighted by Crippen LogP contribution is 2.38. The Morgan fingerprint density at radius 1 is 1.00 bits per heavy atom. The van der Waals surface area contributed by atoms with Gasteiger partial charge in [0.05, 0.1) is 18.2 Å². The maximum Gasteiger partial charge on any atom is 0.198 e. The molecule has 0 atom stereocenters. The van der Waals surface area contributed by atoms with Crippen molar-refractivity contribution in [2.45, 2.75) is 0 Å². The van der Waals surface area contributed by atoms with E-state index >= 15 is 0 Å². The predicted molar refractivity (Wildman–Crippen MR) is 86.8 cm³/mol. The molecule has 0 spiro atoms. The quantitative estimate of drug-likeness (QED) is 0.734. The first-order chi connectivity index (χ1) is 11.0. The summed E-state index contributed by atoms with van der Waals surface area (Å²) < 4.78 is 10.8. The number of rotatable bonds is 4. The third-order valence-electron chi connectivity index (χ3n) is 3.60. The fraction of sp³-hybridized carbons (Fsp3) is 0.111. The molecule has 2 aromatic rings. The van der Waals surface area contributed by atoms with Crippen LogP contribution in [0, 0.1) is 0 Å². The monoisotopic (exact) mass is 328 g/mol. The molecule has 1 aliphatic carbocycles. The van der Waals surface area contributed by atoms with E-state index in [2.05, 4.69) is 6.58 Å². The lowest BCUT2D eigenvalue weighted by Gasteiger charge is -2.22. The molecular formula is C18H13ClO4. The molecule has 0 aliphatic heterocycles. The van der Waals surface area contributed by atoms with Gasteiger partial charge in [0.1, 0.15) is 18.1 Å². The van der Waals surface area contributed by atoms with Crippen molar-refractivity contribution in [1.29, 1.82) is 0 Å². The molecule has 0 bridgehead atoms. The van der Waals surface area contributed by atoms with Gasteiger partial charge in [-0.15, -0.1) is 0 Å². The smallest absolute Gasteiger partial charge is 0.198 e. The summed E-state index contributed by atoms with van der Waals surface area (Å²) in [5, 5.41) is 0.296. The van der Waals surface area contributed by atoms with Crippen molar-refractivity contribution >= 4 is 23.2 Å². The lowest BCUT2D eigenvalue weighted by atomic mass is 9.83. The molecule has 0 saturated heterocycles. The fourth-order valence-corrected chi connectivity index (χ4v) is 2.66. The Bertz CT molecular complexity index is 839. The highest BCUT2D eigenvalue weighted by Gasteiger charge is 2.34. The number of fused-ring (bicyclic) bond motifs is 2. The summed E-state index contributed by atoms with van der Waals surface area (Å²) in [6.07, 6.45) is 0. The van der Waals surface area contributed by atoms with E-state index in [1.807, 2.05) is 0 Å². The van der Waals surface area contributed by atoms with Crippen LogP contribution in [0.25, 0.3) is 0 Å². The molecule has 3 rings (SSSR count). The van der Waals surface area contributed by atoms with E-state index in [-0.39, 0.29) is 35.0 Å². The van der Waals surface area contributed by atoms with Crippen LogP contribution in [0.1, 0.15) is 31.8 Å². The summed E-state index contributed by atoms with van der Waals surface area (Å²) >= 11 is 5.72. The minimum atomic E-state index is -0.274. The van der Waals surface area contributed by atoms with Crippen LogP contribution in [0.15, 0.2) is 48.0 Å².